The predicted molar refractivity (Wildman–Crippen MR) is 41.0 cm³/mol. The third kappa shape index (κ3) is 2.09. The average molecular weight is 138 g/mol. The Balaban J connectivity index is 3.58. The molecule has 0 aliphatic carbocycles. The molecular formula is C6H16FP. The minimum atomic E-state index is -2.17. The number of rotatable bonds is 3. The van der Waals surface area contributed by atoms with Gasteiger partial charge in [0.1, 0.15) is 0 Å². The van der Waals surface area contributed by atoms with Crippen LogP contribution in [0.4, 0.5) is 4.20 Å². The summed E-state index contributed by atoms with van der Waals surface area (Å²) < 4.78 is 13.1. The Morgan fingerprint density at radius 3 is 1.25 bits per heavy atom. The molecule has 8 heavy (non-hydrogen) atoms. The normalized spacial score (nSPS) is 14.0. The minimum absolute atomic E-state index is 0.792. The van der Waals surface area contributed by atoms with Gasteiger partial charge in [-0.15, -0.1) is 0 Å². The molecule has 0 radical (unpaired) electrons. The van der Waals surface area contributed by atoms with Crippen molar-refractivity contribution in [2.75, 3.05) is 18.5 Å². The van der Waals surface area contributed by atoms with Crippen LogP contribution in [0.15, 0.2) is 0 Å². The summed E-state index contributed by atoms with van der Waals surface area (Å²) in [6.45, 7) is 5.87. The molecule has 0 amide bonds. The van der Waals surface area contributed by atoms with Crippen LogP contribution in [0.3, 0.4) is 0 Å². The molecule has 52 valence electrons. The quantitative estimate of drug-likeness (QED) is 0.526. The van der Waals surface area contributed by atoms with Gasteiger partial charge in [0.25, 0.3) is 0 Å². The van der Waals surface area contributed by atoms with Crippen molar-refractivity contribution >= 4 is 7.57 Å². The first-order chi connectivity index (χ1) is 3.68. The zero-order valence-electron chi connectivity index (χ0n) is 6.00. The van der Waals surface area contributed by atoms with Crippen molar-refractivity contribution < 1.29 is 4.20 Å². The summed E-state index contributed by atoms with van der Waals surface area (Å²) in [6.07, 6.45) is 2.38. The fraction of sp³-hybridized carbons (Fsp3) is 1.00. The van der Waals surface area contributed by atoms with E-state index in [4.69, 9.17) is 0 Å². The maximum atomic E-state index is 13.1. The van der Waals surface area contributed by atoms with Crippen LogP contribution in [0.1, 0.15) is 20.8 Å². The monoisotopic (exact) mass is 138 g/mol. The number of halogens is 1. The Kier molecular flexibility index (Phi) is 3.55. The van der Waals surface area contributed by atoms with Crippen molar-refractivity contribution in [2.24, 2.45) is 0 Å². The topological polar surface area (TPSA) is 0 Å². The van der Waals surface area contributed by atoms with Crippen molar-refractivity contribution in [2.45, 2.75) is 20.8 Å². The van der Waals surface area contributed by atoms with E-state index in [9.17, 15) is 4.20 Å². The summed E-state index contributed by atoms with van der Waals surface area (Å²) in [4.78, 5) is 0. The molecule has 0 heterocycles. The van der Waals surface area contributed by atoms with E-state index in [1.54, 1.807) is 0 Å². The van der Waals surface area contributed by atoms with E-state index in [2.05, 4.69) is 0 Å². The Bertz CT molecular complexity index is 51.3. The van der Waals surface area contributed by atoms with E-state index in [0.717, 1.165) is 18.5 Å². The van der Waals surface area contributed by atoms with Crippen molar-refractivity contribution in [3.05, 3.63) is 0 Å². The number of hydrogen-bond donors (Lipinski definition) is 0. The van der Waals surface area contributed by atoms with Crippen LogP contribution in [0.5, 0.6) is 0 Å². The van der Waals surface area contributed by atoms with Gasteiger partial charge in [-0.1, -0.05) is 0 Å². The molecule has 0 aromatic carbocycles. The van der Waals surface area contributed by atoms with Gasteiger partial charge in [-0.05, 0) is 0 Å². The molecule has 0 rings (SSSR count). The van der Waals surface area contributed by atoms with E-state index in [1.807, 2.05) is 20.8 Å². The molecule has 0 aliphatic rings. The fourth-order valence-electron chi connectivity index (χ4n) is 0.750. The molecule has 0 N–H and O–H groups in total. The zero-order valence-corrected chi connectivity index (χ0v) is 7.00. The predicted octanol–water partition coefficient (Wildman–Crippen LogP) is 2.68. The SMILES string of the molecule is CC[PH](F)(CC)CC. The van der Waals surface area contributed by atoms with E-state index in [1.165, 1.54) is 0 Å². The van der Waals surface area contributed by atoms with Crippen LogP contribution < -0.4 is 0 Å². The van der Waals surface area contributed by atoms with Gasteiger partial charge in [-0.25, -0.2) is 0 Å². The molecule has 0 saturated heterocycles. The standard InChI is InChI=1S/C6H16FP/c1-4-8(7,5-2)6-3/h8H,4-6H2,1-3H3. The average Bonchev–Trinajstić information content (AvgIpc) is 1.87. The fourth-order valence-corrected chi connectivity index (χ4v) is 2.25. The summed E-state index contributed by atoms with van der Waals surface area (Å²) in [5.74, 6) is 0. The van der Waals surface area contributed by atoms with Gasteiger partial charge in [0.15, 0.2) is 0 Å². The molecule has 0 bridgehead atoms. The van der Waals surface area contributed by atoms with E-state index in [-0.39, 0.29) is 0 Å². The first kappa shape index (κ1) is 8.36. The first-order valence-corrected chi connectivity index (χ1v) is 5.87. The number of hydrogen-bond acceptors (Lipinski definition) is 0. The molecule has 0 fully saturated rings. The van der Waals surface area contributed by atoms with Gasteiger partial charge in [-0.2, -0.15) is 0 Å². The van der Waals surface area contributed by atoms with Crippen LogP contribution in [-0.4, -0.2) is 18.5 Å². The third-order valence-electron chi connectivity index (χ3n) is 1.90. The molecule has 0 aromatic heterocycles. The maximum absolute atomic E-state index is 13.1. The summed E-state index contributed by atoms with van der Waals surface area (Å²) in [5.41, 5.74) is 0. The van der Waals surface area contributed by atoms with Gasteiger partial charge in [0.05, 0.1) is 0 Å². The first-order valence-electron chi connectivity index (χ1n) is 3.37. The molecule has 0 unspecified atom stereocenters. The van der Waals surface area contributed by atoms with Crippen molar-refractivity contribution in [1.82, 2.24) is 0 Å². The van der Waals surface area contributed by atoms with Gasteiger partial charge in [0, 0.05) is 0 Å². The molecule has 0 atom stereocenters. The molecule has 0 aliphatic heterocycles. The molecule has 0 saturated carbocycles. The summed E-state index contributed by atoms with van der Waals surface area (Å²) >= 11 is 0. The zero-order chi connectivity index (χ0) is 6.62. The summed E-state index contributed by atoms with van der Waals surface area (Å²) in [6, 6.07) is 0. The molecule has 2 heteroatoms. The Hall–Kier alpha value is 0.360. The van der Waals surface area contributed by atoms with Gasteiger partial charge >= 0.3 is 51.0 Å². The van der Waals surface area contributed by atoms with E-state index in [0.29, 0.717) is 0 Å². The summed E-state index contributed by atoms with van der Waals surface area (Å²) in [7, 11) is -2.17. The molecule has 0 spiro atoms. The third-order valence-corrected chi connectivity index (χ3v) is 5.70. The second kappa shape index (κ2) is 3.40. The van der Waals surface area contributed by atoms with Crippen LogP contribution >= 0.6 is 7.57 Å². The van der Waals surface area contributed by atoms with E-state index < -0.39 is 7.57 Å². The van der Waals surface area contributed by atoms with Gasteiger partial charge in [0.2, 0.25) is 0 Å². The second-order valence-corrected chi connectivity index (χ2v) is 6.63. The molecule has 0 nitrogen and oxygen atoms in total. The molecule has 0 aromatic rings. The van der Waals surface area contributed by atoms with Crippen molar-refractivity contribution in [3.63, 3.8) is 0 Å². The van der Waals surface area contributed by atoms with E-state index >= 15 is 0 Å². The van der Waals surface area contributed by atoms with Crippen LogP contribution in [0.25, 0.3) is 0 Å². The Morgan fingerprint density at radius 2 is 1.25 bits per heavy atom. The molecular weight excluding hydrogens is 122 g/mol. The van der Waals surface area contributed by atoms with Gasteiger partial charge < -0.3 is 0 Å². The van der Waals surface area contributed by atoms with Crippen molar-refractivity contribution in [1.29, 1.82) is 0 Å². The van der Waals surface area contributed by atoms with Crippen LogP contribution in [0, 0.1) is 0 Å². The van der Waals surface area contributed by atoms with Crippen molar-refractivity contribution in [3.8, 4) is 0 Å². The van der Waals surface area contributed by atoms with Crippen LogP contribution in [0.2, 0.25) is 0 Å². The Morgan fingerprint density at radius 1 is 1.00 bits per heavy atom. The summed E-state index contributed by atoms with van der Waals surface area (Å²) in [5, 5.41) is 0. The van der Waals surface area contributed by atoms with Gasteiger partial charge in [-0.3, -0.25) is 0 Å². The Labute approximate surface area is 51.9 Å². The van der Waals surface area contributed by atoms with Crippen LogP contribution in [-0.2, 0) is 0 Å². The second-order valence-electron chi connectivity index (χ2n) is 2.21.